The van der Waals surface area contributed by atoms with E-state index in [1.54, 1.807) is 23.7 Å². The van der Waals surface area contributed by atoms with Crippen molar-refractivity contribution in [2.24, 2.45) is 0 Å². The Hall–Kier alpha value is -2.92. The summed E-state index contributed by atoms with van der Waals surface area (Å²) in [6.07, 6.45) is 1.51. The lowest BCUT2D eigenvalue weighted by Gasteiger charge is -2.04. The quantitative estimate of drug-likeness (QED) is 0.784. The maximum absolute atomic E-state index is 12.9. The van der Waals surface area contributed by atoms with E-state index >= 15 is 0 Å². The number of hydrogen-bond donors (Lipinski definition) is 0. The van der Waals surface area contributed by atoms with Crippen molar-refractivity contribution in [1.29, 1.82) is 10.5 Å². The molecular formula is C15H11FN4. The third-order valence-corrected chi connectivity index (χ3v) is 2.95. The van der Waals surface area contributed by atoms with Crippen molar-refractivity contribution in [3.05, 3.63) is 52.6 Å². The molecule has 0 unspecified atom stereocenters. The molecule has 1 heterocycles. The minimum atomic E-state index is -0.313. The van der Waals surface area contributed by atoms with Crippen LogP contribution in [0.15, 0.2) is 29.8 Å². The highest BCUT2D eigenvalue weighted by Gasteiger charge is 2.12. The van der Waals surface area contributed by atoms with Crippen molar-refractivity contribution >= 4 is 6.08 Å². The first-order valence-corrected chi connectivity index (χ1v) is 5.91. The van der Waals surface area contributed by atoms with E-state index in [1.165, 1.54) is 18.2 Å². The number of allylic oxidation sites excluding steroid dienone is 1. The fourth-order valence-electron chi connectivity index (χ4n) is 1.93. The van der Waals surface area contributed by atoms with Gasteiger partial charge in [0.2, 0.25) is 0 Å². The van der Waals surface area contributed by atoms with Gasteiger partial charge in [-0.3, -0.25) is 0 Å². The van der Waals surface area contributed by atoms with Crippen molar-refractivity contribution in [3.8, 4) is 17.8 Å². The highest BCUT2D eigenvalue weighted by atomic mass is 19.1. The lowest BCUT2D eigenvalue weighted by Crippen LogP contribution is -1.99. The molecule has 0 radical (unpaired) electrons. The van der Waals surface area contributed by atoms with Crippen LogP contribution >= 0.6 is 0 Å². The van der Waals surface area contributed by atoms with Crippen LogP contribution in [0.2, 0.25) is 0 Å². The molecule has 0 atom stereocenters. The van der Waals surface area contributed by atoms with Crippen LogP contribution in [0, 0.1) is 42.3 Å². The molecule has 0 fully saturated rings. The van der Waals surface area contributed by atoms with E-state index in [-0.39, 0.29) is 11.4 Å². The maximum Gasteiger partial charge on any atom is 0.130 e. The summed E-state index contributed by atoms with van der Waals surface area (Å²) in [6.45, 7) is 3.63. The third-order valence-electron chi connectivity index (χ3n) is 2.95. The number of benzene rings is 1. The van der Waals surface area contributed by atoms with Crippen LogP contribution in [0.5, 0.6) is 0 Å². The number of aryl methyl sites for hydroxylation is 1. The van der Waals surface area contributed by atoms with Gasteiger partial charge in [0, 0.05) is 11.3 Å². The Bertz CT molecular complexity index is 739. The first-order chi connectivity index (χ1) is 9.56. The lowest BCUT2D eigenvalue weighted by atomic mass is 10.1. The molecular weight excluding hydrogens is 255 g/mol. The second-order valence-corrected chi connectivity index (χ2v) is 4.25. The van der Waals surface area contributed by atoms with E-state index in [2.05, 4.69) is 5.10 Å². The second kappa shape index (κ2) is 5.38. The van der Waals surface area contributed by atoms with Gasteiger partial charge < -0.3 is 0 Å². The number of rotatable bonds is 2. The number of nitriles is 2. The van der Waals surface area contributed by atoms with Crippen molar-refractivity contribution in [1.82, 2.24) is 9.78 Å². The molecule has 2 rings (SSSR count). The van der Waals surface area contributed by atoms with Crippen molar-refractivity contribution < 1.29 is 4.39 Å². The zero-order valence-electron chi connectivity index (χ0n) is 11.1. The Morgan fingerprint density at radius 3 is 2.35 bits per heavy atom. The molecule has 4 nitrogen and oxygen atoms in total. The average molecular weight is 266 g/mol. The third kappa shape index (κ3) is 2.43. The predicted octanol–water partition coefficient (Wildman–Crippen LogP) is 3.06. The summed E-state index contributed by atoms with van der Waals surface area (Å²) < 4.78 is 14.6. The summed E-state index contributed by atoms with van der Waals surface area (Å²) >= 11 is 0. The van der Waals surface area contributed by atoms with E-state index in [9.17, 15) is 4.39 Å². The van der Waals surface area contributed by atoms with Crippen LogP contribution in [0.3, 0.4) is 0 Å². The largest absolute Gasteiger partial charge is 0.237 e. The normalized spacial score (nSPS) is 9.65. The molecule has 0 spiro atoms. The number of hydrogen-bond acceptors (Lipinski definition) is 3. The molecule has 0 saturated carbocycles. The van der Waals surface area contributed by atoms with Crippen molar-refractivity contribution in [2.45, 2.75) is 13.8 Å². The molecule has 0 aliphatic rings. The Kier molecular flexibility index (Phi) is 3.63. The van der Waals surface area contributed by atoms with E-state index in [1.807, 2.05) is 19.1 Å². The van der Waals surface area contributed by atoms with Crippen LogP contribution in [0.1, 0.15) is 17.0 Å². The Labute approximate surface area is 116 Å². The fourth-order valence-corrected chi connectivity index (χ4v) is 1.93. The van der Waals surface area contributed by atoms with Gasteiger partial charge >= 0.3 is 0 Å². The lowest BCUT2D eigenvalue weighted by molar-refractivity contribution is 0.627. The van der Waals surface area contributed by atoms with E-state index in [0.29, 0.717) is 5.69 Å². The summed E-state index contributed by atoms with van der Waals surface area (Å²) in [6, 6.07) is 9.61. The van der Waals surface area contributed by atoms with Crippen molar-refractivity contribution in [3.63, 3.8) is 0 Å². The van der Waals surface area contributed by atoms with Crippen LogP contribution < -0.4 is 0 Å². The average Bonchev–Trinajstić information content (AvgIpc) is 2.73. The van der Waals surface area contributed by atoms with Crippen LogP contribution in [-0.2, 0) is 0 Å². The van der Waals surface area contributed by atoms with E-state index in [4.69, 9.17) is 10.5 Å². The van der Waals surface area contributed by atoms with Gasteiger partial charge in [0.1, 0.15) is 23.5 Å². The van der Waals surface area contributed by atoms with E-state index < -0.39 is 0 Å². The summed E-state index contributed by atoms with van der Waals surface area (Å²) in [5.41, 5.74) is 2.97. The summed E-state index contributed by atoms with van der Waals surface area (Å²) in [5.74, 6) is -0.313. The minimum Gasteiger partial charge on any atom is -0.237 e. The minimum absolute atomic E-state index is 0.0230. The van der Waals surface area contributed by atoms with Gasteiger partial charge in [-0.1, -0.05) is 0 Å². The molecule has 0 N–H and O–H groups in total. The predicted molar refractivity (Wildman–Crippen MR) is 72.2 cm³/mol. The van der Waals surface area contributed by atoms with Gasteiger partial charge in [0.05, 0.1) is 11.4 Å². The first kappa shape index (κ1) is 13.5. The Balaban J connectivity index is 2.55. The monoisotopic (exact) mass is 266 g/mol. The molecule has 98 valence electrons. The highest BCUT2D eigenvalue weighted by molar-refractivity contribution is 5.65. The van der Waals surface area contributed by atoms with Gasteiger partial charge in [-0.05, 0) is 44.2 Å². The molecule has 2 aromatic rings. The summed E-state index contributed by atoms with van der Waals surface area (Å²) in [7, 11) is 0. The topological polar surface area (TPSA) is 65.4 Å². The zero-order valence-corrected chi connectivity index (χ0v) is 11.1. The smallest absolute Gasteiger partial charge is 0.130 e. The van der Waals surface area contributed by atoms with E-state index in [0.717, 1.165) is 16.9 Å². The summed E-state index contributed by atoms with van der Waals surface area (Å²) in [5, 5.41) is 22.0. The van der Waals surface area contributed by atoms with Crippen LogP contribution in [-0.4, -0.2) is 9.78 Å². The first-order valence-electron chi connectivity index (χ1n) is 5.91. The van der Waals surface area contributed by atoms with Gasteiger partial charge in [0.15, 0.2) is 0 Å². The molecule has 0 saturated heterocycles. The molecule has 5 heteroatoms. The van der Waals surface area contributed by atoms with Gasteiger partial charge in [-0.15, -0.1) is 0 Å². The second-order valence-electron chi connectivity index (χ2n) is 4.25. The standard InChI is InChI=1S/C15H11FN4/c1-10-15(7-12(8-17)9-18)11(2)20(19-10)14-5-3-13(16)4-6-14/h3-7H,1-2H3. The SMILES string of the molecule is Cc1nn(-c2ccc(F)cc2)c(C)c1C=C(C#N)C#N. The van der Waals surface area contributed by atoms with Crippen molar-refractivity contribution in [2.75, 3.05) is 0 Å². The fraction of sp³-hybridized carbons (Fsp3) is 0.133. The molecule has 0 aliphatic heterocycles. The Morgan fingerprint density at radius 2 is 1.80 bits per heavy atom. The zero-order chi connectivity index (χ0) is 14.7. The van der Waals surface area contributed by atoms with Gasteiger partial charge in [-0.2, -0.15) is 15.6 Å². The van der Waals surface area contributed by atoms with Gasteiger partial charge in [-0.25, -0.2) is 9.07 Å². The molecule has 0 bridgehead atoms. The molecule has 0 amide bonds. The number of halogens is 1. The molecule has 0 aliphatic carbocycles. The summed E-state index contributed by atoms with van der Waals surface area (Å²) in [4.78, 5) is 0. The number of nitrogens with zero attached hydrogens (tertiary/aromatic N) is 4. The van der Waals surface area contributed by atoms with Gasteiger partial charge in [0.25, 0.3) is 0 Å². The molecule has 1 aromatic carbocycles. The molecule has 1 aromatic heterocycles. The maximum atomic E-state index is 12.9. The number of aromatic nitrogens is 2. The van der Waals surface area contributed by atoms with Crippen LogP contribution in [0.4, 0.5) is 4.39 Å². The highest BCUT2D eigenvalue weighted by Crippen LogP contribution is 2.20. The molecule has 20 heavy (non-hydrogen) atoms. The Morgan fingerprint density at radius 1 is 1.20 bits per heavy atom. The van der Waals surface area contributed by atoms with Crippen LogP contribution in [0.25, 0.3) is 11.8 Å².